The van der Waals surface area contributed by atoms with E-state index in [1.165, 1.54) is 0 Å². The van der Waals surface area contributed by atoms with Crippen LogP contribution in [0.2, 0.25) is 0 Å². The third-order valence-electron chi connectivity index (χ3n) is 2.79. The molecule has 0 saturated carbocycles. The number of nitrogens with zero attached hydrogens (tertiary/aromatic N) is 1. The summed E-state index contributed by atoms with van der Waals surface area (Å²) in [6.45, 7) is 4.37. The van der Waals surface area contributed by atoms with Crippen molar-refractivity contribution in [2.24, 2.45) is 16.8 Å². The summed E-state index contributed by atoms with van der Waals surface area (Å²) in [6, 6.07) is 5.54. The van der Waals surface area contributed by atoms with Crippen molar-refractivity contribution in [3.8, 4) is 5.75 Å². The molecule has 0 aliphatic heterocycles. The largest absolute Gasteiger partial charge is 0.497 e. The van der Waals surface area contributed by atoms with E-state index in [1.54, 1.807) is 24.9 Å². The summed E-state index contributed by atoms with van der Waals surface area (Å²) in [5.41, 5.74) is 6.41. The number of methoxy groups -OCH3 is 1. The highest BCUT2D eigenvalue weighted by Crippen LogP contribution is 2.29. The lowest BCUT2D eigenvalue weighted by molar-refractivity contribution is 0.318. The summed E-state index contributed by atoms with van der Waals surface area (Å²) in [7, 11) is 1.63. The van der Waals surface area contributed by atoms with E-state index in [-0.39, 0.29) is 5.84 Å². The summed E-state index contributed by atoms with van der Waals surface area (Å²) >= 11 is 1.70. The highest BCUT2D eigenvalue weighted by atomic mass is 32.2. The molecule has 0 saturated heterocycles. The summed E-state index contributed by atoms with van der Waals surface area (Å²) in [6.07, 6.45) is 1.13. The Morgan fingerprint density at radius 2 is 2.28 bits per heavy atom. The molecular weight excluding hydrogens is 248 g/mol. The Labute approximate surface area is 112 Å². The third kappa shape index (κ3) is 3.84. The molecule has 3 N–H and O–H groups in total. The zero-order valence-corrected chi connectivity index (χ0v) is 11.8. The van der Waals surface area contributed by atoms with E-state index < -0.39 is 0 Å². The molecule has 100 valence electrons. The Kier molecular flexibility index (Phi) is 5.85. The predicted molar refractivity (Wildman–Crippen MR) is 75.7 cm³/mol. The SMILES string of the molecule is CCC(C)CSc1cc(OC)ccc1/C(N)=N/O. The summed E-state index contributed by atoms with van der Waals surface area (Å²) in [5, 5.41) is 11.8. The second-order valence-corrected chi connectivity index (χ2v) is 5.23. The Morgan fingerprint density at radius 1 is 1.56 bits per heavy atom. The number of hydrogen-bond acceptors (Lipinski definition) is 4. The second-order valence-electron chi connectivity index (χ2n) is 4.17. The van der Waals surface area contributed by atoms with Crippen LogP contribution in [0.25, 0.3) is 0 Å². The smallest absolute Gasteiger partial charge is 0.171 e. The van der Waals surface area contributed by atoms with Crippen LogP contribution in [0, 0.1) is 5.92 Å². The van der Waals surface area contributed by atoms with Crippen LogP contribution in [-0.2, 0) is 0 Å². The van der Waals surface area contributed by atoms with Gasteiger partial charge in [0.2, 0.25) is 0 Å². The van der Waals surface area contributed by atoms with Crippen LogP contribution in [0.1, 0.15) is 25.8 Å². The molecule has 0 fully saturated rings. The van der Waals surface area contributed by atoms with Crippen molar-refractivity contribution >= 4 is 17.6 Å². The van der Waals surface area contributed by atoms with Crippen LogP contribution in [0.5, 0.6) is 5.75 Å². The minimum absolute atomic E-state index is 0.129. The molecule has 18 heavy (non-hydrogen) atoms. The highest BCUT2D eigenvalue weighted by molar-refractivity contribution is 7.99. The van der Waals surface area contributed by atoms with Crippen molar-refractivity contribution in [2.45, 2.75) is 25.2 Å². The molecule has 0 bridgehead atoms. The topological polar surface area (TPSA) is 67.8 Å². The molecule has 0 aromatic heterocycles. The zero-order valence-electron chi connectivity index (χ0n) is 11.0. The van der Waals surface area contributed by atoms with Gasteiger partial charge in [0, 0.05) is 16.2 Å². The fourth-order valence-electron chi connectivity index (χ4n) is 1.36. The lowest BCUT2D eigenvalue weighted by Crippen LogP contribution is -2.14. The minimum atomic E-state index is 0.129. The number of rotatable bonds is 6. The number of ether oxygens (including phenoxy) is 1. The molecule has 1 unspecified atom stereocenters. The summed E-state index contributed by atoms with van der Waals surface area (Å²) in [5.74, 6) is 2.52. The van der Waals surface area contributed by atoms with Crippen LogP contribution in [0.15, 0.2) is 28.3 Å². The first-order valence-electron chi connectivity index (χ1n) is 5.91. The van der Waals surface area contributed by atoms with Crippen LogP contribution >= 0.6 is 11.8 Å². The lowest BCUT2D eigenvalue weighted by atomic mass is 10.2. The molecule has 0 heterocycles. The van der Waals surface area contributed by atoms with Crippen LogP contribution in [-0.4, -0.2) is 23.9 Å². The number of oxime groups is 1. The standard InChI is InChI=1S/C13H20N2O2S/c1-4-9(2)8-18-12-7-10(17-3)5-6-11(12)13(14)15-16/h5-7,9,16H,4,8H2,1-3H3,(H2,14,15). The number of benzene rings is 1. The maximum absolute atomic E-state index is 8.79. The predicted octanol–water partition coefficient (Wildman–Crippen LogP) is 2.93. The Morgan fingerprint density at radius 3 is 2.83 bits per heavy atom. The molecule has 5 heteroatoms. The molecule has 4 nitrogen and oxygen atoms in total. The van der Waals surface area contributed by atoms with Crippen LogP contribution < -0.4 is 10.5 Å². The van der Waals surface area contributed by atoms with E-state index >= 15 is 0 Å². The molecule has 1 aromatic rings. The number of nitrogens with two attached hydrogens (primary N) is 1. The van der Waals surface area contributed by atoms with Gasteiger partial charge >= 0.3 is 0 Å². The van der Waals surface area contributed by atoms with Crippen molar-refractivity contribution < 1.29 is 9.94 Å². The summed E-state index contributed by atoms with van der Waals surface area (Å²) in [4.78, 5) is 0.977. The maximum atomic E-state index is 8.79. The van der Waals surface area contributed by atoms with Gasteiger partial charge in [0.15, 0.2) is 5.84 Å². The quantitative estimate of drug-likeness (QED) is 0.274. The molecule has 0 aliphatic rings. The third-order valence-corrected chi connectivity index (χ3v) is 4.18. The molecular formula is C13H20N2O2S. The van der Waals surface area contributed by atoms with E-state index in [4.69, 9.17) is 15.7 Å². The average molecular weight is 268 g/mol. The lowest BCUT2D eigenvalue weighted by Gasteiger charge is -2.12. The fourth-order valence-corrected chi connectivity index (χ4v) is 2.59. The first-order chi connectivity index (χ1) is 8.62. The van der Waals surface area contributed by atoms with Gasteiger partial charge in [-0.3, -0.25) is 0 Å². The van der Waals surface area contributed by atoms with Gasteiger partial charge in [0.1, 0.15) is 5.75 Å². The van der Waals surface area contributed by atoms with Gasteiger partial charge in [-0.25, -0.2) is 0 Å². The van der Waals surface area contributed by atoms with Crippen molar-refractivity contribution in [1.29, 1.82) is 0 Å². The molecule has 0 aliphatic carbocycles. The van der Waals surface area contributed by atoms with E-state index in [9.17, 15) is 0 Å². The van der Waals surface area contributed by atoms with Crippen molar-refractivity contribution in [3.05, 3.63) is 23.8 Å². The zero-order chi connectivity index (χ0) is 13.5. The van der Waals surface area contributed by atoms with Crippen molar-refractivity contribution in [2.75, 3.05) is 12.9 Å². The Bertz CT molecular complexity index is 421. The maximum Gasteiger partial charge on any atom is 0.171 e. The molecule has 0 radical (unpaired) electrons. The van der Waals surface area contributed by atoms with Gasteiger partial charge in [0.25, 0.3) is 0 Å². The number of amidine groups is 1. The normalized spacial score (nSPS) is 13.4. The average Bonchev–Trinajstić information content (AvgIpc) is 2.43. The molecule has 1 rings (SSSR count). The molecule has 1 aromatic carbocycles. The van der Waals surface area contributed by atoms with Crippen LogP contribution in [0.3, 0.4) is 0 Å². The number of thioether (sulfide) groups is 1. The van der Waals surface area contributed by atoms with E-state index in [2.05, 4.69) is 19.0 Å². The monoisotopic (exact) mass is 268 g/mol. The molecule has 1 atom stereocenters. The second kappa shape index (κ2) is 7.16. The van der Waals surface area contributed by atoms with Gasteiger partial charge in [-0.2, -0.15) is 0 Å². The van der Waals surface area contributed by atoms with E-state index in [1.807, 2.05) is 12.1 Å². The van der Waals surface area contributed by atoms with Crippen LogP contribution in [0.4, 0.5) is 0 Å². The molecule has 0 spiro atoms. The summed E-state index contributed by atoms with van der Waals surface area (Å²) < 4.78 is 5.20. The van der Waals surface area contributed by atoms with Gasteiger partial charge in [-0.1, -0.05) is 25.4 Å². The van der Waals surface area contributed by atoms with Crippen molar-refractivity contribution in [1.82, 2.24) is 0 Å². The first-order valence-corrected chi connectivity index (χ1v) is 6.89. The number of hydrogen-bond donors (Lipinski definition) is 2. The van der Waals surface area contributed by atoms with Crippen molar-refractivity contribution in [3.63, 3.8) is 0 Å². The fraction of sp³-hybridized carbons (Fsp3) is 0.462. The molecule has 0 amide bonds. The Hall–Kier alpha value is -1.36. The first kappa shape index (κ1) is 14.7. The van der Waals surface area contributed by atoms with E-state index in [0.717, 1.165) is 28.4 Å². The van der Waals surface area contributed by atoms with Gasteiger partial charge in [-0.15, -0.1) is 11.8 Å². The van der Waals surface area contributed by atoms with Gasteiger partial charge in [-0.05, 0) is 24.1 Å². The highest BCUT2D eigenvalue weighted by Gasteiger charge is 2.10. The Balaban J connectivity index is 2.97. The van der Waals surface area contributed by atoms with Gasteiger partial charge < -0.3 is 15.7 Å². The minimum Gasteiger partial charge on any atom is -0.497 e. The van der Waals surface area contributed by atoms with E-state index in [0.29, 0.717) is 5.92 Å². The van der Waals surface area contributed by atoms with Gasteiger partial charge in [0.05, 0.1) is 7.11 Å².